The third-order valence-electron chi connectivity index (χ3n) is 3.48. The Morgan fingerprint density at radius 1 is 1.10 bits per heavy atom. The fraction of sp³-hybridized carbons (Fsp3) is 0.188. The summed E-state index contributed by atoms with van der Waals surface area (Å²) in [5.74, 6) is 1.58. The van der Waals surface area contributed by atoms with Crippen LogP contribution in [-0.2, 0) is 0 Å². The summed E-state index contributed by atoms with van der Waals surface area (Å²) >= 11 is 0. The van der Waals surface area contributed by atoms with Crippen molar-refractivity contribution in [1.29, 1.82) is 0 Å². The van der Waals surface area contributed by atoms with Gasteiger partial charge in [0.25, 0.3) is 11.8 Å². The number of pyridine rings is 1. The van der Waals surface area contributed by atoms with E-state index >= 15 is 0 Å². The summed E-state index contributed by atoms with van der Waals surface area (Å²) in [6, 6.07) is 13.7. The molecule has 2 heterocycles. The Bertz CT molecular complexity index is 750. The average molecular weight is 278 g/mol. The predicted octanol–water partition coefficient (Wildman–Crippen LogP) is 3.75. The highest BCUT2D eigenvalue weighted by Crippen LogP contribution is 2.39. The van der Waals surface area contributed by atoms with Crippen LogP contribution in [0.5, 0.6) is 0 Å². The Kier molecular flexibility index (Phi) is 2.88. The normalized spacial score (nSPS) is 14.1. The van der Waals surface area contributed by atoms with Crippen molar-refractivity contribution in [1.82, 2.24) is 15.1 Å². The summed E-state index contributed by atoms with van der Waals surface area (Å²) in [4.78, 5) is 8.78. The molecule has 0 bridgehead atoms. The van der Waals surface area contributed by atoms with Gasteiger partial charge >= 0.3 is 0 Å². The van der Waals surface area contributed by atoms with Crippen molar-refractivity contribution in [2.45, 2.75) is 18.8 Å². The first-order valence-corrected chi connectivity index (χ1v) is 7.00. The molecule has 0 amide bonds. The number of nitrogens with one attached hydrogen (secondary N) is 1. The first-order valence-electron chi connectivity index (χ1n) is 7.00. The lowest BCUT2D eigenvalue weighted by atomic mass is 10.2. The lowest BCUT2D eigenvalue weighted by molar-refractivity contribution is 0.432. The molecule has 4 rings (SSSR count). The van der Waals surface area contributed by atoms with Crippen molar-refractivity contribution >= 4 is 11.6 Å². The molecule has 0 radical (unpaired) electrons. The molecule has 1 aliphatic carbocycles. The van der Waals surface area contributed by atoms with Gasteiger partial charge in [-0.15, -0.1) is 0 Å². The quantitative estimate of drug-likeness (QED) is 0.787. The second kappa shape index (κ2) is 5.01. The maximum Gasteiger partial charge on any atom is 0.268 e. The highest BCUT2D eigenvalue weighted by atomic mass is 16.5. The Morgan fingerprint density at radius 3 is 2.76 bits per heavy atom. The molecule has 1 fully saturated rings. The molecule has 0 aliphatic heterocycles. The van der Waals surface area contributed by atoms with E-state index < -0.39 is 0 Å². The second-order valence-corrected chi connectivity index (χ2v) is 5.16. The highest BCUT2D eigenvalue weighted by Gasteiger charge is 2.25. The van der Waals surface area contributed by atoms with Crippen LogP contribution in [0, 0.1) is 0 Å². The molecule has 1 N–H and O–H groups in total. The summed E-state index contributed by atoms with van der Waals surface area (Å²) in [6.07, 6.45) is 4.25. The topological polar surface area (TPSA) is 63.8 Å². The van der Waals surface area contributed by atoms with E-state index in [4.69, 9.17) is 4.52 Å². The molecular weight excluding hydrogens is 264 g/mol. The minimum absolute atomic E-state index is 0.459. The van der Waals surface area contributed by atoms with E-state index in [1.807, 2.05) is 42.5 Å². The van der Waals surface area contributed by atoms with Crippen molar-refractivity contribution in [2.75, 3.05) is 5.32 Å². The van der Waals surface area contributed by atoms with E-state index in [0.717, 1.165) is 16.9 Å². The molecule has 0 saturated heterocycles. The number of para-hydroxylation sites is 1. The van der Waals surface area contributed by atoms with Crippen LogP contribution in [0.2, 0.25) is 0 Å². The molecule has 0 unspecified atom stereocenters. The minimum atomic E-state index is 0.459. The van der Waals surface area contributed by atoms with Crippen LogP contribution in [0.1, 0.15) is 24.5 Å². The number of anilines is 2. The van der Waals surface area contributed by atoms with Crippen molar-refractivity contribution in [3.05, 3.63) is 54.4 Å². The molecule has 0 atom stereocenters. The first-order chi connectivity index (χ1) is 10.4. The zero-order valence-electron chi connectivity index (χ0n) is 11.4. The van der Waals surface area contributed by atoms with E-state index in [1.165, 1.54) is 12.8 Å². The predicted molar refractivity (Wildman–Crippen MR) is 79.2 cm³/mol. The number of aromatic nitrogens is 3. The fourth-order valence-electron chi connectivity index (χ4n) is 2.23. The summed E-state index contributed by atoms with van der Waals surface area (Å²) in [5.41, 5.74) is 2.96. The van der Waals surface area contributed by atoms with Gasteiger partial charge in [0, 0.05) is 29.1 Å². The summed E-state index contributed by atoms with van der Waals surface area (Å²) in [7, 11) is 0. The van der Waals surface area contributed by atoms with Crippen LogP contribution in [0.25, 0.3) is 11.5 Å². The molecular formula is C16H14N4O. The lowest BCUT2D eigenvalue weighted by Gasteiger charge is -1.99. The Morgan fingerprint density at radius 2 is 1.95 bits per heavy atom. The van der Waals surface area contributed by atoms with Crippen LogP contribution in [-0.4, -0.2) is 15.1 Å². The smallest absolute Gasteiger partial charge is 0.268 e. The van der Waals surface area contributed by atoms with Crippen molar-refractivity contribution < 1.29 is 4.52 Å². The van der Waals surface area contributed by atoms with Gasteiger partial charge in [0.1, 0.15) is 0 Å². The van der Waals surface area contributed by atoms with Gasteiger partial charge < -0.3 is 9.84 Å². The van der Waals surface area contributed by atoms with Gasteiger partial charge in [0.15, 0.2) is 0 Å². The SMILES string of the molecule is c1ccc(Nc2noc(-c3ccnc(C4CC4)c3)n2)cc1. The Labute approximate surface area is 122 Å². The van der Waals surface area contributed by atoms with Gasteiger partial charge in [-0.25, -0.2) is 0 Å². The molecule has 5 heteroatoms. The maximum atomic E-state index is 5.33. The van der Waals surface area contributed by atoms with Gasteiger partial charge in [-0.3, -0.25) is 4.98 Å². The van der Waals surface area contributed by atoms with Gasteiger partial charge in [-0.2, -0.15) is 4.98 Å². The number of rotatable bonds is 4. The van der Waals surface area contributed by atoms with E-state index in [0.29, 0.717) is 17.8 Å². The van der Waals surface area contributed by atoms with Gasteiger partial charge in [0.05, 0.1) is 0 Å². The third-order valence-corrected chi connectivity index (χ3v) is 3.48. The zero-order valence-corrected chi connectivity index (χ0v) is 11.4. The molecule has 1 aliphatic rings. The first kappa shape index (κ1) is 12.1. The number of hydrogen-bond donors (Lipinski definition) is 1. The number of hydrogen-bond acceptors (Lipinski definition) is 5. The minimum Gasteiger partial charge on any atom is -0.332 e. The molecule has 1 aromatic carbocycles. The highest BCUT2D eigenvalue weighted by molar-refractivity contribution is 5.58. The molecule has 3 aromatic rings. The van der Waals surface area contributed by atoms with E-state index in [1.54, 1.807) is 6.20 Å². The lowest BCUT2D eigenvalue weighted by Crippen LogP contribution is -1.91. The van der Waals surface area contributed by atoms with Crippen molar-refractivity contribution in [2.24, 2.45) is 0 Å². The molecule has 2 aromatic heterocycles. The number of nitrogens with zero attached hydrogens (tertiary/aromatic N) is 3. The molecule has 0 spiro atoms. The molecule has 104 valence electrons. The van der Waals surface area contributed by atoms with Crippen molar-refractivity contribution in [3.63, 3.8) is 0 Å². The summed E-state index contributed by atoms with van der Waals surface area (Å²) < 4.78 is 5.33. The average Bonchev–Trinajstić information content (AvgIpc) is 3.29. The van der Waals surface area contributed by atoms with E-state index in [9.17, 15) is 0 Å². The second-order valence-electron chi connectivity index (χ2n) is 5.16. The van der Waals surface area contributed by atoms with Crippen LogP contribution in [0.15, 0.2) is 53.2 Å². The van der Waals surface area contributed by atoms with Gasteiger partial charge in [-0.1, -0.05) is 18.2 Å². The Balaban J connectivity index is 1.57. The molecule has 21 heavy (non-hydrogen) atoms. The van der Waals surface area contributed by atoms with E-state index in [-0.39, 0.29) is 0 Å². The molecule has 5 nitrogen and oxygen atoms in total. The largest absolute Gasteiger partial charge is 0.332 e. The fourth-order valence-corrected chi connectivity index (χ4v) is 2.23. The zero-order chi connectivity index (χ0) is 14.1. The maximum absolute atomic E-state index is 5.33. The van der Waals surface area contributed by atoms with E-state index in [2.05, 4.69) is 20.4 Å². The van der Waals surface area contributed by atoms with Crippen LogP contribution < -0.4 is 5.32 Å². The van der Waals surface area contributed by atoms with Crippen LogP contribution >= 0.6 is 0 Å². The summed E-state index contributed by atoms with van der Waals surface area (Å²) in [5, 5.41) is 7.07. The molecule has 1 saturated carbocycles. The van der Waals surface area contributed by atoms with Crippen molar-refractivity contribution in [3.8, 4) is 11.5 Å². The number of benzene rings is 1. The third kappa shape index (κ3) is 2.63. The van der Waals surface area contributed by atoms with Crippen LogP contribution in [0.4, 0.5) is 11.6 Å². The summed E-state index contributed by atoms with van der Waals surface area (Å²) in [6.45, 7) is 0. The van der Waals surface area contributed by atoms with Crippen LogP contribution in [0.3, 0.4) is 0 Å². The monoisotopic (exact) mass is 278 g/mol. The van der Waals surface area contributed by atoms with Gasteiger partial charge in [0.2, 0.25) is 0 Å². The standard InChI is InChI=1S/C16H14N4O/c1-2-4-13(5-3-1)18-16-19-15(21-20-16)12-8-9-17-14(10-12)11-6-7-11/h1-5,8-11H,6-7H2,(H,18,20). The van der Waals surface area contributed by atoms with Gasteiger partial charge in [-0.05, 0) is 42.3 Å². The Hall–Kier alpha value is -2.69.